The summed E-state index contributed by atoms with van der Waals surface area (Å²) in [6.45, 7) is 6.83. The normalized spacial score (nSPS) is 18.6. The maximum absolute atomic E-state index is 11.8. The van der Waals surface area contributed by atoms with Gasteiger partial charge in [0, 0.05) is 19.5 Å². The molecule has 19 heavy (non-hydrogen) atoms. The first-order valence-electron chi connectivity index (χ1n) is 6.59. The highest BCUT2D eigenvalue weighted by molar-refractivity contribution is 5.79. The number of amides is 2. The van der Waals surface area contributed by atoms with Crippen molar-refractivity contribution in [2.24, 2.45) is 0 Å². The fourth-order valence-corrected chi connectivity index (χ4v) is 2.24. The Morgan fingerprint density at radius 2 is 2.11 bits per heavy atom. The molecule has 1 atom stereocenters. The van der Waals surface area contributed by atoms with E-state index in [0.29, 0.717) is 19.5 Å². The summed E-state index contributed by atoms with van der Waals surface area (Å²) in [5.74, 6) is 0.113. The lowest BCUT2D eigenvalue weighted by atomic mass is 10.0. The van der Waals surface area contributed by atoms with Gasteiger partial charge >= 0.3 is 6.03 Å². The van der Waals surface area contributed by atoms with Crippen LogP contribution in [0, 0.1) is 13.8 Å². The maximum Gasteiger partial charge on any atom is 0.318 e. The molecule has 1 unspecified atom stereocenters. The average Bonchev–Trinajstić information content (AvgIpc) is 2.71. The fraction of sp³-hybridized carbons (Fsp3) is 0.467. The molecule has 0 aliphatic carbocycles. The lowest BCUT2D eigenvalue weighted by molar-refractivity contribution is -0.117. The molecule has 1 aliphatic rings. The molecule has 1 aliphatic heterocycles. The minimum atomic E-state index is -0.0792. The van der Waals surface area contributed by atoms with Crippen LogP contribution in [-0.2, 0) is 4.79 Å². The minimum Gasteiger partial charge on any atom is -0.329 e. The summed E-state index contributed by atoms with van der Waals surface area (Å²) in [7, 11) is 0. The maximum atomic E-state index is 11.8. The molecule has 1 saturated heterocycles. The molecule has 1 fully saturated rings. The van der Waals surface area contributed by atoms with Gasteiger partial charge in [-0.05, 0) is 37.5 Å². The van der Waals surface area contributed by atoms with Gasteiger partial charge in [0.1, 0.15) is 5.78 Å². The van der Waals surface area contributed by atoms with Crippen molar-refractivity contribution in [1.29, 1.82) is 0 Å². The Morgan fingerprint density at radius 1 is 1.37 bits per heavy atom. The van der Waals surface area contributed by atoms with Crippen molar-refractivity contribution < 1.29 is 9.59 Å². The van der Waals surface area contributed by atoms with Crippen LogP contribution in [0.25, 0.3) is 0 Å². The van der Waals surface area contributed by atoms with E-state index in [-0.39, 0.29) is 17.9 Å². The highest BCUT2D eigenvalue weighted by atomic mass is 16.2. The summed E-state index contributed by atoms with van der Waals surface area (Å²) >= 11 is 0. The first-order valence-corrected chi connectivity index (χ1v) is 6.59. The molecule has 102 valence electrons. The van der Waals surface area contributed by atoms with E-state index in [1.54, 1.807) is 11.8 Å². The molecule has 0 radical (unpaired) electrons. The second kappa shape index (κ2) is 5.43. The number of nitrogens with zero attached hydrogens (tertiary/aromatic N) is 1. The molecule has 1 N–H and O–H groups in total. The number of carbonyl (C=O) groups excluding carboxylic acids is 2. The van der Waals surface area contributed by atoms with Crippen molar-refractivity contribution in [3.05, 3.63) is 34.9 Å². The average molecular weight is 260 g/mol. The van der Waals surface area contributed by atoms with Crippen LogP contribution in [0.1, 0.15) is 36.1 Å². The van der Waals surface area contributed by atoms with Crippen LogP contribution in [0.2, 0.25) is 0 Å². The van der Waals surface area contributed by atoms with Crippen molar-refractivity contribution in [1.82, 2.24) is 10.2 Å². The number of carbonyl (C=O) groups is 2. The standard InChI is InChI=1S/C15H20N2O2/c1-10-4-5-13(8-11(10)2)14-9-17(15(19)16-14)7-6-12(3)18/h4-5,8,14H,6-7,9H2,1-3H3,(H,16,19). The van der Waals surface area contributed by atoms with E-state index in [0.717, 1.165) is 5.56 Å². The fourth-order valence-electron chi connectivity index (χ4n) is 2.24. The second-order valence-corrected chi connectivity index (χ2v) is 5.24. The molecular formula is C15H20N2O2. The van der Waals surface area contributed by atoms with E-state index in [2.05, 4.69) is 37.4 Å². The van der Waals surface area contributed by atoms with Crippen LogP contribution in [0.15, 0.2) is 18.2 Å². The molecule has 0 spiro atoms. The lowest BCUT2D eigenvalue weighted by Crippen LogP contribution is -2.29. The zero-order chi connectivity index (χ0) is 14.0. The number of urea groups is 1. The van der Waals surface area contributed by atoms with Crippen molar-refractivity contribution in [2.45, 2.75) is 33.2 Å². The number of rotatable bonds is 4. The molecule has 4 nitrogen and oxygen atoms in total. The van der Waals surface area contributed by atoms with Crippen LogP contribution in [0.4, 0.5) is 4.79 Å². The molecule has 0 aromatic heterocycles. The Hall–Kier alpha value is -1.84. The highest BCUT2D eigenvalue weighted by Gasteiger charge is 2.29. The lowest BCUT2D eigenvalue weighted by Gasteiger charge is -2.14. The van der Waals surface area contributed by atoms with Gasteiger partial charge < -0.3 is 10.2 Å². The Bertz CT molecular complexity index is 511. The van der Waals surface area contributed by atoms with E-state index in [1.165, 1.54) is 11.1 Å². The third-order valence-electron chi connectivity index (χ3n) is 3.65. The summed E-state index contributed by atoms with van der Waals surface area (Å²) in [6, 6.07) is 6.20. The zero-order valence-corrected chi connectivity index (χ0v) is 11.7. The Kier molecular flexibility index (Phi) is 3.88. The van der Waals surface area contributed by atoms with Gasteiger partial charge in [0.25, 0.3) is 0 Å². The first-order chi connectivity index (χ1) is 8.97. The van der Waals surface area contributed by atoms with E-state index < -0.39 is 0 Å². The SMILES string of the molecule is CC(=O)CCN1CC(c2ccc(C)c(C)c2)NC1=O. The van der Waals surface area contributed by atoms with E-state index in [9.17, 15) is 9.59 Å². The van der Waals surface area contributed by atoms with Gasteiger partial charge in [-0.2, -0.15) is 0 Å². The largest absolute Gasteiger partial charge is 0.329 e. The van der Waals surface area contributed by atoms with E-state index >= 15 is 0 Å². The number of benzene rings is 1. The van der Waals surface area contributed by atoms with Gasteiger partial charge in [-0.15, -0.1) is 0 Å². The number of hydrogen-bond acceptors (Lipinski definition) is 2. The van der Waals surface area contributed by atoms with E-state index in [1.807, 2.05) is 0 Å². The van der Waals surface area contributed by atoms with Crippen LogP contribution in [0.5, 0.6) is 0 Å². The van der Waals surface area contributed by atoms with Gasteiger partial charge in [0.15, 0.2) is 0 Å². The molecular weight excluding hydrogens is 240 g/mol. The van der Waals surface area contributed by atoms with Crippen LogP contribution >= 0.6 is 0 Å². The predicted molar refractivity (Wildman–Crippen MR) is 74.1 cm³/mol. The molecule has 1 aromatic rings. The molecule has 2 rings (SSSR count). The quantitative estimate of drug-likeness (QED) is 0.903. The van der Waals surface area contributed by atoms with Gasteiger partial charge in [0.2, 0.25) is 0 Å². The number of hydrogen-bond donors (Lipinski definition) is 1. The van der Waals surface area contributed by atoms with Crippen molar-refractivity contribution in [3.8, 4) is 0 Å². The summed E-state index contributed by atoms with van der Waals surface area (Å²) in [5, 5.41) is 2.97. The zero-order valence-electron chi connectivity index (χ0n) is 11.7. The molecule has 0 bridgehead atoms. The molecule has 0 saturated carbocycles. The Morgan fingerprint density at radius 3 is 2.74 bits per heavy atom. The minimum absolute atomic E-state index is 0.0266. The summed E-state index contributed by atoms with van der Waals surface area (Å²) in [6.07, 6.45) is 0.424. The molecule has 1 aromatic carbocycles. The van der Waals surface area contributed by atoms with E-state index in [4.69, 9.17) is 0 Å². The predicted octanol–water partition coefficient (Wildman–Crippen LogP) is 2.35. The first kappa shape index (κ1) is 13.6. The smallest absolute Gasteiger partial charge is 0.318 e. The van der Waals surface area contributed by atoms with Gasteiger partial charge in [-0.25, -0.2) is 4.79 Å². The second-order valence-electron chi connectivity index (χ2n) is 5.24. The number of Topliss-reactive ketones (excluding diaryl/α,β-unsaturated/α-hetero) is 1. The monoisotopic (exact) mass is 260 g/mol. The van der Waals surface area contributed by atoms with Gasteiger partial charge in [-0.1, -0.05) is 18.2 Å². The molecule has 4 heteroatoms. The van der Waals surface area contributed by atoms with Gasteiger partial charge in [0.05, 0.1) is 6.04 Å². The molecule has 2 amide bonds. The van der Waals surface area contributed by atoms with Crippen molar-refractivity contribution >= 4 is 11.8 Å². The summed E-state index contributed by atoms with van der Waals surface area (Å²) in [5.41, 5.74) is 3.61. The summed E-state index contributed by atoms with van der Waals surface area (Å²) < 4.78 is 0. The van der Waals surface area contributed by atoms with Crippen LogP contribution in [0.3, 0.4) is 0 Å². The van der Waals surface area contributed by atoms with Gasteiger partial charge in [-0.3, -0.25) is 4.79 Å². The van der Waals surface area contributed by atoms with Crippen molar-refractivity contribution in [3.63, 3.8) is 0 Å². The van der Waals surface area contributed by atoms with Crippen molar-refractivity contribution in [2.75, 3.05) is 13.1 Å². The Labute approximate surface area is 113 Å². The molecule has 1 heterocycles. The third kappa shape index (κ3) is 3.13. The number of nitrogens with one attached hydrogen (secondary N) is 1. The highest BCUT2D eigenvalue weighted by Crippen LogP contribution is 2.22. The topological polar surface area (TPSA) is 49.4 Å². The number of ketones is 1. The summed E-state index contributed by atoms with van der Waals surface area (Å²) in [4.78, 5) is 24.5. The van der Waals surface area contributed by atoms with Crippen LogP contribution < -0.4 is 5.32 Å². The number of aryl methyl sites for hydroxylation is 2. The third-order valence-corrected chi connectivity index (χ3v) is 3.65. The van der Waals surface area contributed by atoms with Crippen LogP contribution in [-0.4, -0.2) is 29.8 Å². The Balaban J connectivity index is 2.05.